The molecule has 0 saturated heterocycles. The molecule has 0 aliphatic rings. The van der Waals surface area contributed by atoms with Gasteiger partial charge in [0.25, 0.3) is 0 Å². The van der Waals surface area contributed by atoms with Gasteiger partial charge in [-0.15, -0.1) is 0 Å². The molecule has 0 radical (unpaired) electrons. The summed E-state index contributed by atoms with van der Waals surface area (Å²) in [5.74, 6) is -1.43. The van der Waals surface area contributed by atoms with Gasteiger partial charge in [-0.3, -0.25) is 4.79 Å². The predicted octanol–water partition coefficient (Wildman–Crippen LogP) is 2.73. The zero-order valence-electron chi connectivity index (χ0n) is 9.04. The molecule has 0 amide bonds. The lowest BCUT2D eigenvalue weighted by Gasteiger charge is -2.15. The lowest BCUT2D eigenvalue weighted by molar-refractivity contribution is -0.140. The first kappa shape index (κ1) is 13.3. The minimum atomic E-state index is -4.56. The fourth-order valence-electron chi connectivity index (χ4n) is 1.52. The molecule has 1 aromatic carbocycles. The maximum Gasteiger partial charge on any atom is 0.420 e. The van der Waals surface area contributed by atoms with Crippen molar-refractivity contribution in [3.63, 3.8) is 0 Å². The van der Waals surface area contributed by atoms with Crippen LogP contribution in [0.3, 0.4) is 0 Å². The molecule has 0 heterocycles. The van der Waals surface area contributed by atoms with E-state index in [1.807, 2.05) is 0 Å². The smallest absolute Gasteiger partial charge is 0.420 e. The number of rotatable bonds is 4. The molecule has 1 aromatic rings. The van der Waals surface area contributed by atoms with E-state index in [-0.39, 0.29) is 24.2 Å². The van der Waals surface area contributed by atoms with Crippen LogP contribution in [-0.2, 0) is 17.4 Å². The monoisotopic (exact) mass is 248 g/mol. The van der Waals surface area contributed by atoms with Crippen LogP contribution in [0.1, 0.15) is 17.5 Å². The summed E-state index contributed by atoms with van der Waals surface area (Å²) in [7, 11) is 1.14. The van der Waals surface area contributed by atoms with Gasteiger partial charge in [-0.25, -0.2) is 0 Å². The van der Waals surface area contributed by atoms with Gasteiger partial charge in [-0.05, 0) is 18.1 Å². The maximum absolute atomic E-state index is 12.8. The number of carboxylic acids is 1. The van der Waals surface area contributed by atoms with Crippen molar-refractivity contribution in [1.29, 1.82) is 0 Å². The van der Waals surface area contributed by atoms with Gasteiger partial charge >= 0.3 is 12.1 Å². The van der Waals surface area contributed by atoms with E-state index >= 15 is 0 Å². The molecule has 0 aliphatic heterocycles. The Morgan fingerprint density at radius 1 is 1.41 bits per heavy atom. The van der Waals surface area contributed by atoms with Crippen molar-refractivity contribution in [2.24, 2.45) is 0 Å². The molecule has 0 spiro atoms. The number of methoxy groups -OCH3 is 1. The number of hydrogen-bond donors (Lipinski definition) is 1. The number of hydrogen-bond acceptors (Lipinski definition) is 2. The number of alkyl halides is 3. The van der Waals surface area contributed by atoms with Crippen molar-refractivity contribution in [3.05, 3.63) is 29.3 Å². The van der Waals surface area contributed by atoms with Crippen LogP contribution in [0.25, 0.3) is 0 Å². The van der Waals surface area contributed by atoms with E-state index in [0.717, 1.165) is 7.11 Å². The molecule has 3 nitrogen and oxygen atoms in total. The average molecular weight is 248 g/mol. The Hall–Kier alpha value is -1.72. The molecule has 0 saturated carbocycles. The lowest BCUT2D eigenvalue weighted by atomic mass is 10.0. The number of aryl methyl sites for hydroxylation is 1. The van der Waals surface area contributed by atoms with E-state index < -0.39 is 17.7 Å². The second kappa shape index (κ2) is 5.07. The van der Waals surface area contributed by atoms with Crippen LogP contribution in [0.4, 0.5) is 13.2 Å². The van der Waals surface area contributed by atoms with Crippen molar-refractivity contribution in [2.75, 3.05) is 7.11 Å². The summed E-state index contributed by atoms with van der Waals surface area (Å²) in [4.78, 5) is 10.4. The molecule has 0 atom stereocenters. The van der Waals surface area contributed by atoms with Crippen molar-refractivity contribution in [3.8, 4) is 5.75 Å². The summed E-state index contributed by atoms with van der Waals surface area (Å²) in [5, 5.41) is 8.48. The zero-order chi connectivity index (χ0) is 13.1. The van der Waals surface area contributed by atoms with Crippen LogP contribution in [0, 0.1) is 0 Å². The Morgan fingerprint density at radius 3 is 2.53 bits per heavy atom. The highest BCUT2D eigenvalue weighted by Crippen LogP contribution is 2.38. The first-order chi connectivity index (χ1) is 7.86. The molecule has 0 aliphatic carbocycles. The second-order valence-electron chi connectivity index (χ2n) is 3.39. The molecular formula is C11H11F3O3. The number of benzene rings is 1. The van der Waals surface area contributed by atoms with E-state index in [2.05, 4.69) is 4.74 Å². The quantitative estimate of drug-likeness (QED) is 0.891. The molecule has 0 unspecified atom stereocenters. The fraction of sp³-hybridized carbons (Fsp3) is 0.364. The van der Waals surface area contributed by atoms with Crippen LogP contribution >= 0.6 is 0 Å². The van der Waals surface area contributed by atoms with Crippen LogP contribution in [0.5, 0.6) is 5.75 Å². The van der Waals surface area contributed by atoms with Gasteiger partial charge in [0, 0.05) is 6.42 Å². The summed E-state index contributed by atoms with van der Waals surface area (Å²) < 4.78 is 43.0. The maximum atomic E-state index is 12.8. The second-order valence-corrected chi connectivity index (χ2v) is 3.39. The van der Waals surface area contributed by atoms with Crippen LogP contribution in [-0.4, -0.2) is 18.2 Å². The summed E-state index contributed by atoms with van der Waals surface area (Å²) >= 11 is 0. The number of carbonyl (C=O) groups is 1. The van der Waals surface area contributed by atoms with Crippen molar-refractivity contribution >= 4 is 5.97 Å². The van der Waals surface area contributed by atoms with Gasteiger partial charge in [-0.2, -0.15) is 13.2 Å². The third-order valence-electron chi connectivity index (χ3n) is 2.22. The summed E-state index contributed by atoms with van der Waals surface area (Å²) in [6.07, 6.45) is -5.09. The molecule has 0 aromatic heterocycles. The molecule has 1 rings (SSSR count). The average Bonchev–Trinajstić information content (AvgIpc) is 2.24. The lowest BCUT2D eigenvalue weighted by Crippen LogP contribution is -2.12. The van der Waals surface area contributed by atoms with Crippen molar-refractivity contribution in [1.82, 2.24) is 0 Å². The highest BCUT2D eigenvalue weighted by atomic mass is 19.4. The number of aliphatic carboxylic acids is 1. The van der Waals surface area contributed by atoms with E-state index in [0.29, 0.717) is 0 Å². The minimum absolute atomic E-state index is 0.0701. The van der Waals surface area contributed by atoms with E-state index in [1.165, 1.54) is 18.2 Å². The Bertz CT molecular complexity index is 413. The Morgan fingerprint density at radius 2 is 2.06 bits per heavy atom. The topological polar surface area (TPSA) is 46.5 Å². The SMILES string of the molecule is COc1cccc(CCC(=O)O)c1C(F)(F)F. The zero-order valence-corrected chi connectivity index (χ0v) is 9.04. The van der Waals surface area contributed by atoms with Crippen LogP contribution in [0.2, 0.25) is 0 Å². The fourth-order valence-corrected chi connectivity index (χ4v) is 1.52. The summed E-state index contributed by atoms with van der Waals surface area (Å²) in [6.45, 7) is 0. The largest absolute Gasteiger partial charge is 0.496 e. The Labute approximate surface area is 95.8 Å². The first-order valence-electron chi connectivity index (χ1n) is 4.81. The van der Waals surface area contributed by atoms with Gasteiger partial charge < -0.3 is 9.84 Å². The molecule has 94 valence electrons. The van der Waals surface area contributed by atoms with Gasteiger partial charge in [0.1, 0.15) is 11.3 Å². The first-order valence-corrected chi connectivity index (χ1v) is 4.81. The van der Waals surface area contributed by atoms with Gasteiger partial charge in [0.05, 0.1) is 7.11 Å². The molecule has 17 heavy (non-hydrogen) atoms. The molecule has 0 fully saturated rings. The molecular weight excluding hydrogens is 237 g/mol. The number of halogens is 3. The highest BCUT2D eigenvalue weighted by molar-refractivity contribution is 5.67. The minimum Gasteiger partial charge on any atom is -0.496 e. The summed E-state index contributed by atoms with van der Waals surface area (Å²) in [6, 6.07) is 3.87. The molecule has 1 N–H and O–H groups in total. The number of carboxylic acid groups (broad SMARTS) is 1. The van der Waals surface area contributed by atoms with Crippen molar-refractivity contribution < 1.29 is 27.8 Å². The van der Waals surface area contributed by atoms with Gasteiger partial charge in [0.15, 0.2) is 0 Å². The van der Waals surface area contributed by atoms with Crippen LogP contribution in [0.15, 0.2) is 18.2 Å². The van der Waals surface area contributed by atoms with E-state index in [9.17, 15) is 18.0 Å². The molecule has 6 heteroatoms. The molecule has 0 bridgehead atoms. The Balaban J connectivity index is 3.15. The third kappa shape index (κ3) is 3.37. The predicted molar refractivity (Wildman–Crippen MR) is 54.0 cm³/mol. The Kier molecular flexibility index (Phi) is 3.98. The highest BCUT2D eigenvalue weighted by Gasteiger charge is 2.36. The standard InChI is InChI=1S/C11H11F3O3/c1-17-8-4-2-3-7(5-6-9(15)16)10(8)11(12,13)14/h2-4H,5-6H2,1H3,(H,15,16). The van der Waals surface area contributed by atoms with Gasteiger partial charge in [0.2, 0.25) is 0 Å². The van der Waals surface area contributed by atoms with Crippen LogP contribution < -0.4 is 4.74 Å². The van der Waals surface area contributed by atoms with Gasteiger partial charge in [-0.1, -0.05) is 12.1 Å². The van der Waals surface area contributed by atoms with E-state index in [1.54, 1.807) is 0 Å². The van der Waals surface area contributed by atoms with E-state index in [4.69, 9.17) is 5.11 Å². The van der Waals surface area contributed by atoms with Crippen molar-refractivity contribution in [2.45, 2.75) is 19.0 Å². The summed E-state index contributed by atoms with van der Waals surface area (Å²) in [5.41, 5.74) is -0.969. The number of ether oxygens (including phenoxy) is 1. The third-order valence-corrected chi connectivity index (χ3v) is 2.22. The normalized spacial score (nSPS) is 11.3.